The Bertz CT molecular complexity index is 997. The fraction of sp³-hybridized carbons (Fsp3) is 0.0435. The van der Waals surface area contributed by atoms with Gasteiger partial charge in [0.1, 0.15) is 11.4 Å². The Hall–Kier alpha value is -3.46. The Morgan fingerprint density at radius 1 is 0.615 bits per heavy atom. The summed E-state index contributed by atoms with van der Waals surface area (Å²) in [6.45, 7) is 0. The van der Waals surface area contributed by atoms with Gasteiger partial charge in [-0.25, -0.2) is 0 Å². The molecular weight excluding hydrogens is 320 g/mol. The summed E-state index contributed by atoms with van der Waals surface area (Å²) in [5.41, 5.74) is 5.96. The van der Waals surface area contributed by atoms with E-state index in [1.165, 1.54) is 0 Å². The summed E-state index contributed by atoms with van der Waals surface area (Å²) in [7, 11) is 1.67. The number of rotatable bonds is 4. The van der Waals surface area contributed by atoms with Gasteiger partial charge in [0, 0.05) is 16.7 Å². The van der Waals surface area contributed by atoms with E-state index >= 15 is 0 Å². The maximum Gasteiger partial charge on any atom is 0.118 e. The van der Waals surface area contributed by atoms with E-state index in [9.17, 15) is 0 Å². The molecule has 3 heteroatoms. The van der Waals surface area contributed by atoms with Crippen LogP contribution in [-0.4, -0.2) is 17.3 Å². The highest BCUT2D eigenvalue weighted by atomic mass is 16.5. The van der Waals surface area contributed by atoms with E-state index in [2.05, 4.69) is 28.4 Å². The molecule has 4 aromatic rings. The van der Waals surface area contributed by atoms with Crippen molar-refractivity contribution in [1.82, 2.24) is 10.2 Å². The van der Waals surface area contributed by atoms with E-state index in [0.717, 1.165) is 39.4 Å². The molecule has 0 N–H and O–H groups in total. The maximum absolute atomic E-state index is 5.26. The zero-order valence-corrected chi connectivity index (χ0v) is 14.5. The number of ether oxygens (including phenoxy) is 1. The lowest BCUT2D eigenvalue weighted by Gasteiger charge is -2.11. The van der Waals surface area contributed by atoms with Gasteiger partial charge >= 0.3 is 0 Å². The Labute approximate surface area is 152 Å². The molecule has 0 aliphatic heterocycles. The quantitative estimate of drug-likeness (QED) is 0.494. The van der Waals surface area contributed by atoms with Crippen molar-refractivity contribution in [2.45, 2.75) is 0 Å². The lowest BCUT2D eigenvalue weighted by molar-refractivity contribution is 0.415. The van der Waals surface area contributed by atoms with Crippen LogP contribution < -0.4 is 4.74 Å². The minimum absolute atomic E-state index is 0.823. The highest BCUT2D eigenvalue weighted by molar-refractivity contribution is 5.83. The van der Waals surface area contributed by atoms with Crippen LogP contribution in [0.15, 0.2) is 91.0 Å². The van der Waals surface area contributed by atoms with E-state index in [0.29, 0.717) is 0 Å². The summed E-state index contributed by atoms with van der Waals surface area (Å²) in [6.07, 6.45) is 0. The number of hydrogen-bond acceptors (Lipinski definition) is 3. The van der Waals surface area contributed by atoms with Crippen LogP contribution in [0.5, 0.6) is 5.75 Å². The SMILES string of the molecule is COc1ccc(-c2nnc(-c3ccccc3)cc2-c2ccccc2)cc1. The van der Waals surface area contributed by atoms with Crippen molar-refractivity contribution >= 4 is 0 Å². The molecule has 3 aromatic carbocycles. The second-order valence-electron chi connectivity index (χ2n) is 5.95. The van der Waals surface area contributed by atoms with Crippen LogP contribution in [0.25, 0.3) is 33.6 Å². The summed E-state index contributed by atoms with van der Waals surface area (Å²) < 4.78 is 5.26. The molecule has 0 aliphatic carbocycles. The number of benzene rings is 3. The summed E-state index contributed by atoms with van der Waals surface area (Å²) in [6, 6.07) is 30.4. The third-order valence-corrected chi connectivity index (χ3v) is 4.31. The van der Waals surface area contributed by atoms with Gasteiger partial charge in [0.2, 0.25) is 0 Å². The molecule has 3 nitrogen and oxygen atoms in total. The van der Waals surface area contributed by atoms with E-state index in [-0.39, 0.29) is 0 Å². The van der Waals surface area contributed by atoms with Crippen molar-refractivity contribution < 1.29 is 4.74 Å². The van der Waals surface area contributed by atoms with Crippen molar-refractivity contribution in [1.29, 1.82) is 0 Å². The molecule has 0 amide bonds. The number of hydrogen-bond donors (Lipinski definition) is 0. The van der Waals surface area contributed by atoms with Gasteiger partial charge in [-0.2, -0.15) is 0 Å². The van der Waals surface area contributed by atoms with Gasteiger partial charge in [0.05, 0.1) is 12.8 Å². The third-order valence-electron chi connectivity index (χ3n) is 4.31. The lowest BCUT2D eigenvalue weighted by atomic mass is 9.98. The van der Waals surface area contributed by atoms with Crippen molar-refractivity contribution in [3.63, 3.8) is 0 Å². The van der Waals surface area contributed by atoms with Crippen LogP contribution in [0.3, 0.4) is 0 Å². The van der Waals surface area contributed by atoms with Crippen LogP contribution in [-0.2, 0) is 0 Å². The molecule has 0 fully saturated rings. The molecule has 0 atom stereocenters. The molecule has 0 unspecified atom stereocenters. The van der Waals surface area contributed by atoms with Crippen molar-refractivity contribution in [3.8, 4) is 39.4 Å². The van der Waals surface area contributed by atoms with Gasteiger partial charge in [-0.15, -0.1) is 10.2 Å². The van der Waals surface area contributed by atoms with Gasteiger partial charge in [-0.3, -0.25) is 0 Å². The summed E-state index contributed by atoms with van der Waals surface area (Å²) in [5, 5.41) is 9.04. The molecule has 0 aliphatic rings. The minimum Gasteiger partial charge on any atom is -0.497 e. The molecule has 4 rings (SSSR count). The lowest BCUT2D eigenvalue weighted by Crippen LogP contribution is -1.95. The first-order valence-corrected chi connectivity index (χ1v) is 8.48. The van der Waals surface area contributed by atoms with Crippen LogP contribution in [0.2, 0.25) is 0 Å². The smallest absolute Gasteiger partial charge is 0.118 e. The Balaban J connectivity index is 1.88. The summed E-state index contributed by atoms with van der Waals surface area (Å²) in [4.78, 5) is 0. The molecule has 0 spiro atoms. The second kappa shape index (κ2) is 7.19. The van der Waals surface area contributed by atoms with Gasteiger partial charge < -0.3 is 4.74 Å². The molecule has 1 heterocycles. The average molecular weight is 338 g/mol. The molecule has 0 saturated carbocycles. The molecular formula is C23H18N2O. The zero-order valence-electron chi connectivity index (χ0n) is 14.5. The van der Waals surface area contributed by atoms with Crippen LogP contribution in [0.1, 0.15) is 0 Å². The van der Waals surface area contributed by atoms with Gasteiger partial charge in [-0.1, -0.05) is 60.7 Å². The topological polar surface area (TPSA) is 35.0 Å². The van der Waals surface area contributed by atoms with E-state index in [1.54, 1.807) is 7.11 Å². The predicted molar refractivity (Wildman–Crippen MR) is 105 cm³/mol. The molecule has 26 heavy (non-hydrogen) atoms. The van der Waals surface area contributed by atoms with E-state index in [1.807, 2.05) is 72.8 Å². The molecule has 0 bridgehead atoms. The van der Waals surface area contributed by atoms with E-state index < -0.39 is 0 Å². The first-order valence-electron chi connectivity index (χ1n) is 8.48. The largest absolute Gasteiger partial charge is 0.497 e. The average Bonchev–Trinajstić information content (AvgIpc) is 2.75. The summed E-state index contributed by atoms with van der Waals surface area (Å²) >= 11 is 0. The molecule has 1 aromatic heterocycles. The number of methoxy groups -OCH3 is 1. The minimum atomic E-state index is 0.823. The fourth-order valence-electron chi connectivity index (χ4n) is 2.94. The number of nitrogens with zero attached hydrogens (tertiary/aromatic N) is 2. The zero-order chi connectivity index (χ0) is 17.8. The van der Waals surface area contributed by atoms with Crippen LogP contribution >= 0.6 is 0 Å². The Morgan fingerprint density at radius 2 is 1.23 bits per heavy atom. The van der Waals surface area contributed by atoms with Gasteiger partial charge in [-0.05, 0) is 35.9 Å². The van der Waals surface area contributed by atoms with Crippen molar-refractivity contribution in [3.05, 3.63) is 91.0 Å². The highest BCUT2D eigenvalue weighted by Gasteiger charge is 2.12. The Morgan fingerprint density at radius 3 is 1.85 bits per heavy atom. The Kier molecular flexibility index (Phi) is 4.44. The monoisotopic (exact) mass is 338 g/mol. The first kappa shape index (κ1) is 16.0. The van der Waals surface area contributed by atoms with E-state index in [4.69, 9.17) is 4.74 Å². The maximum atomic E-state index is 5.26. The highest BCUT2D eigenvalue weighted by Crippen LogP contribution is 2.33. The van der Waals surface area contributed by atoms with Crippen molar-refractivity contribution in [2.75, 3.05) is 7.11 Å². The fourth-order valence-corrected chi connectivity index (χ4v) is 2.94. The normalized spacial score (nSPS) is 10.5. The van der Waals surface area contributed by atoms with Gasteiger partial charge in [0.25, 0.3) is 0 Å². The van der Waals surface area contributed by atoms with Crippen LogP contribution in [0, 0.1) is 0 Å². The second-order valence-corrected chi connectivity index (χ2v) is 5.95. The molecule has 0 saturated heterocycles. The third kappa shape index (κ3) is 3.20. The molecule has 0 radical (unpaired) electrons. The van der Waals surface area contributed by atoms with Gasteiger partial charge in [0.15, 0.2) is 0 Å². The predicted octanol–water partition coefficient (Wildman–Crippen LogP) is 5.49. The first-order chi connectivity index (χ1) is 12.8. The summed E-state index contributed by atoms with van der Waals surface area (Å²) in [5.74, 6) is 0.823. The molecule has 126 valence electrons. The van der Waals surface area contributed by atoms with Crippen molar-refractivity contribution in [2.24, 2.45) is 0 Å². The standard InChI is InChI=1S/C23H18N2O/c1-26-20-14-12-19(13-15-20)23-21(17-8-4-2-5-9-17)16-22(24-25-23)18-10-6-3-7-11-18/h2-16H,1H3. The van der Waals surface area contributed by atoms with Crippen LogP contribution in [0.4, 0.5) is 0 Å². The number of aromatic nitrogens is 2.